The highest BCUT2D eigenvalue weighted by Crippen LogP contribution is 2.25. The first-order valence-electron chi connectivity index (χ1n) is 6.55. The molecule has 0 aromatic carbocycles. The summed E-state index contributed by atoms with van der Waals surface area (Å²) in [6.07, 6.45) is 8.35. The van der Waals surface area contributed by atoms with Crippen molar-refractivity contribution in [3.05, 3.63) is 24.2 Å². The Morgan fingerprint density at radius 2 is 2.18 bits per heavy atom. The third-order valence-corrected chi connectivity index (χ3v) is 3.60. The number of furan rings is 1. The van der Waals surface area contributed by atoms with Crippen molar-refractivity contribution in [3.8, 4) is 0 Å². The third kappa shape index (κ3) is 3.35. The van der Waals surface area contributed by atoms with Crippen molar-refractivity contribution < 1.29 is 9.21 Å². The highest BCUT2D eigenvalue weighted by atomic mass is 16.3. The quantitative estimate of drug-likeness (QED) is 0.804. The van der Waals surface area contributed by atoms with Crippen molar-refractivity contribution in [1.29, 1.82) is 0 Å². The van der Waals surface area contributed by atoms with Crippen molar-refractivity contribution in [1.82, 2.24) is 4.90 Å². The van der Waals surface area contributed by atoms with Crippen LogP contribution in [-0.2, 0) is 11.2 Å². The van der Waals surface area contributed by atoms with Crippen LogP contribution in [-0.4, -0.2) is 24.4 Å². The average Bonchev–Trinajstić information content (AvgIpc) is 2.89. The van der Waals surface area contributed by atoms with Crippen molar-refractivity contribution in [2.45, 2.75) is 38.5 Å². The summed E-state index contributed by atoms with van der Waals surface area (Å²) < 4.78 is 5.27. The molecule has 94 valence electrons. The second-order valence-electron chi connectivity index (χ2n) is 4.92. The van der Waals surface area contributed by atoms with Gasteiger partial charge in [0.25, 0.3) is 0 Å². The first-order valence-corrected chi connectivity index (χ1v) is 6.55. The van der Waals surface area contributed by atoms with Gasteiger partial charge in [0, 0.05) is 25.9 Å². The molecular weight excluding hydrogens is 214 g/mol. The van der Waals surface area contributed by atoms with E-state index in [1.165, 1.54) is 19.3 Å². The van der Waals surface area contributed by atoms with Crippen molar-refractivity contribution in [2.75, 3.05) is 13.6 Å². The summed E-state index contributed by atoms with van der Waals surface area (Å²) in [4.78, 5) is 14.0. The summed E-state index contributed by atoms with van der Waals surface area (Å²) in [7, 11) is 1.90. The lowest BCUT2D eigenvalue weighted by Crippen LogP contribution is -2.35. The van der Waals surface area contributed by atoms with E-state index in [0.717, 1.165) is 31.6 Å². The molecule has 0 spiro atoms. The van der Waals surface area contributed by atoms with Gasteiger partial charge in [-0.25, -0.2) is 0 Å². The average molecular weight is 235 g/mol. The van der Waals surface area contributed by atoms with Crippen LogP contribution in [0.5, 0.6) is 0 Å². The van der Waals surface area contributed by atoms with Crippen LogP contribution in [0.1, 0.15) is 37.9 Å². The Kier molecular flexibility index (Phi) is 4.24. The molecule has 1 aromatic rings. The maximum absolute atomic E-state index is 12.2. The Hall–Kier alpha value is -1.25. The Bertz CT molecular complexity index is 339. The summed E-state index contributed by atoms with van der Waals surface area (Å²) in [5, 5.41) is 0. The van der Waals surface area contributed by atoms with Gasteiger partial charge in [-0.2, -0.15) is 0 Å². The van der Waals surface area contributed by atoms with E-state index < -0.39 is 0 Å². The van der Waals surface area contributed by atoms with Crippen LogP contribution < -0.4 is 0 Å². The summed E-state index contributed by atoms with van der Waals surface area (Å²) in [6.45, 7) is 0.753. The molecule has 1 heterocycles. The number of carbonyl (C=O) groups is 1. The topological polar surface area (TPSA) is 33.5 Å². The van der Waals surface area contributed by atoms with Crippen LogP contribution in [0.4, 0.5) is 0 Å². The first-order chi connectivity index (χ1) is 8.27. The number of nitrogens with zero attached hydrogens (tertiary/aromatic N) is 1. The van der Waals surface area contributed by atoms with Crippen LogP contribution in [0.15, 0.2) is 22.8 Å². The van der Waals surface area contributed by atoms with Gasteiger partial charge in [0.15, 0.2) is 0 Å². The minimum Gasteiger partial charge on any atom is -0.469 e. The fraction of sp³-hybridized carbons (Fsp3) is 0.643. The van der Waals surface area contributed by atoms with Gasteiger partial charge in [0.1, 0.15) is 5.76 Å². The standard InChI is InChI=1S/C14H21NO2/c1-15(10-9-13-8-5-11-17-13)14(16)12-6-3-2-4-7-12/h5,8,11-12H,2-4,6-7,9-10H2,1H3. The van der Waals surface area contributed by atoms with Gasteiger partial charge in [-0.1, -0.05) is 19.3 Å². The fourth-order valence-electron chi connectivity index (χ4n) is 2.50. The Morgan fingerprint density at radius 1 is 1.41 bits per heavy atom. The summed E-state index contributed by atoms with van der Waals surface area (Å²) in [6, 6.07) is 3.84. The van der Waals surface area contributed by atoms with E-state index in [2.05, 4.69) is 0 Å². The predicted molar refractivity (Wildman–Crippen MR) is 66.6 cm³/mol. The molecule has 3 nitrogen and oxygen atoms in total. The largest absolute Gasteiger partial charge is 0.469 e. The Labute approximate surface area is 103 Å². The number of hydrogen-bond acceptors (Lipinski definition) is 2. The van der Waals surface area contributed by atoms with Gasteiger partial charge in [0.2, 0.25) is 5.91 Å². The lowest BCUT2D eigenvalue weighted by molar-refractivity contribution is -0.135. The number of hydrogen-bond donors (Lipinski definition) is 0. The zero-order chi connectivity index (χ0) is 12.1. The first kappa shape index (κ1) is 12.2. The predicted octanol–water partition coefficient (Wildman–Crippen LogP) is 2.86. The minimum atomic E-state index is 0.269. The van der Waals surface area contributed by atoms with Gasteiger partial charge >= 0.3 is 0 Å². The van der Waals surface area contributed by atoms with E-state index in [1.807, 2.05) is 24.1 Å². The van der Waals surface area contributed by atoms with Gasteiger partial charge in [-0.05, 0) is 25.0 Å². The van der Waals surface area contributed by atoms with Gasteiger partial charge in [0.05, 0.1) is 6.26 Å². The molecule has 1 fully saturated rings. The third-order valence-electron chi connectivity index (χ3n) is 3.60. The van der Waals surface area contributed by atoms with Crippen LogP contribution >= 0.6 is 0 Å². The molecular formula is C14H21NO2. The molecule has 1 saturated carbocycles. The van der Waals surface area contributed by atoms with E-state index in [0.29, 0.717) is 5.91 Å². The van der Waals surface area contributed by atoms with Gasteiger partial charge < -0.3 is 9.32 Å². The molecule has 0 radical (unpaired) electrons. The normalized spacial score (nSPS) is 17.0. The molecule has 0 saturated heterocycles. The second kappa shape index (κ2) is 5.89. The van der Waals surface area contributed by atoms with Crippen LogP contribution in [0.3, 0.4) is 0 Å². The molecule has 1 aromatic heterocycles. The maximum Gasteiger partial charge on any atom is 0.225 e. The number of amides is 1. The monoisotopic (exact) mass is 235 g/mol. The Balaban J connectivity index is 1.78. The van der Waals surface area contributed by atoms with E-state index >= 15 is 0 Å². The molecule has 1 aliphatic rings. The van der Waals surface area contributed by atoms with E-state index in [4.69, 9.17) is 4.42 Å². The van der Waals surface area contributed by atoms with Crippen molar-refractivity contribution >= 4 is 5.91 Å². The Morgan fingerprint density at radius 3 is 2.82 bits per heavy atom. The molecule has 1 aliphatic carbocycles. The second-order valence-corrected chi connectivity index (χ2v) is 4.92. The molecule has 1 amide bonds. The molecule has 0 atom stereocenters. The van der Waals surface area contributed by atoms with Gasteiger partial charge in [-0.3, -0.25) is 4.79 Å². The van der Waals surface area contributed by atoms with Crippen molar-refractivity contribution in [3.63, 3.8) is 0 Å². The smallest absolute Gasteiger partial charge is 0.225 e. The van der Waals surface area contributed by atoms with Crippen LogP contribution in [0.25, 0.3) is 0 Å². The summed E-state index contributed by atoms with van der Waals surface area (Å²) >= 11 is 0. The van der Waals surface area contributed by atoms with Crippen LogP contribution in [0.2, 0.25) is 0 Å². The molecule has 2 rings (SSSR count). The van der Waals surface area contributed by atoms with Crippen molar-refractivity contribution in [2.24, 2.45) is 5.92 Å². The number of carbonyl (C=O) groups excluding carboxylic acids is 1. The molecule has 0 bridgehead atoms. The molecule has 0 N–H and O–H groups in total. The zero-order valence-electron chi connectivity index (χ0n) is 10.5. The summed E-state index contributed by atoms with van der Waals surface area (Å²) in [5.74, 6) is 1.54. The zero-order valence-corrected chi connectivity index (χ0v) is 10.5. The molecule has 0 aliphatic heterocycles. The lowest BCUT2D eigenvalue weighted by atomic mass is 9.88. The fourth-order valence-corrected chi connectivity index (χ4v) is 2.50. The highest BCUT2D eigenvalue weighted by Gasteiger charge is 2.23. The lowest BCUT2D eigenvalue weighted by Gasteiger charge is -2.26. The molecule has 3 heteroatoms. The molecule has 0 unspecified atom stereocenters. The number of rotatable bonds is 4. The summed E-state index contributed by atoms with van der Waals surface area (Å²) in [5.41, 5.74) is 0. The van der Waals surface area contributed by atoms with E-state index in [9.17, 15) is 4.79 Å². The minimum absolute atomic E-state index is 0.269. The van der Waals surface area contributed by atoms with Crippen LogP contribution in [0, 0.1) is 5.92 Å². The molecule has 17 heavy (non-hydrogen) atoms. The maximum atomic E-state index is 12.2. The highest BCUT2D eigenvalue weighted by molar-refractivity contribution is 5.78. The van der Waals surface area contributed by atoms with E-state index in [1.54, 1.807) is 6.26 Å². The SMILES string of the molecule is CN(CCc1ccco1)C(=O)C1CCCCC1. The number of likely N-dealkylation sites (N-methyl/N-ethyl adjacent to an activating group) is 1. The van der Waals surface area contributed by atoms with E-state index in [-0.39, 0.29) is 5.92 Å². The van der Waals surface area contributed by atoms with Gasteiger partial charge in [-0.15, -0.1) is 0 Å².